The zero-order chi connectivity index (χ0) is 13.7. The van der Waals surface area contributed by atoms with Gasteiger partial charge in [-0.3, -0.25) is 0 Å². The van der Waals surface area contributed by atoms with E-state index in [1.165, 1.54) is 18.6 Å². The molecule has 0 amide bonds. The monoisotopic (exact) mass is 271 g/mol. The van der Waals surface area contributed by atoms with E-state index in [1.807, 2.05) is 0 Å². The first-order valence-corrected chi connectivity index (χ1v) is 6.99. The van der Waals surface area contributed by atoms with Gasteiger partial charge in [-0.2, -0.15) is 0 Å². The van der Waals surface area contributed by atoms with Gasteiger partial charge in [-0.15, -0.1) is 0 Å². The number of halogens is 2. The largest absolute Gasteiger partial charge is 0.308 e. The second-order valence-corrected chi connectivity index (χ2v) is 5.83. The Morgan fingerprint density at radius 2 is 1.83 bits per heavy atom. The molecule has 1 aromatic rings. The minimum absolute atomic E-state index is 0.139. The molecule has 0 saturated heterocycles. The normalized spacial score (nSPS) is 14.8. The SMILES string of the molecule is CC(C)CCC(C)NC(C)c1ccc(F)cc1Cl. The summed E-state index contributed by atoms with van der Waals surface area (Å²) in [6.45, 7) is 8.70. The third-order valence-electron chi connectivity index (χ3n) is 3.14. The lowest BCUT2D eigenvalue weighted by Crippen LogP contribution is -2.29. The molecule has 0 aliphatic carbocycles. The van der Waals surface area contributed by atoms with E-state index < -0.39 is 0 Å². The van der Waals surface area contributed by atoms with Crippen molar-refractivity contribution in [3.63, 3.8) is 0 Å². The van der Waals surface area contributed by atoms with Gasteiger partial charge >= 0.3 is 0 Å². The summed E-state index contributed by atoms with van der Waals surface area (Å²) in [4.78, 5) is 0. The van der Waals surface area contributed by atoms with Gasteiger partial charge in [0.2, 0.25) is 0 Å². The van der Waals surface area contributed by atoms with Crippen LogP contribution >= 0.6 is 11.6 Å². The number of nitrogens with one attached hydrogen (secondary N) is 1. The predicted octanol–water partition coefficient (Wildman–Crippen LogP) is 4.95. The van der Waals surface area contributed by atoms with Gasteiger partial charge in [-0.1, -0.05) is 31.5 Å². The van der Waals surface area contributed by atoms with E-state index in [0.29, 0.717) is 11.1 Å². The number of hydrogen-bond acceptors (Lipinski definition) is 1. The summed E-state index contributed by atoms with van der Waals surface area (Å²) >= 11 is 6.06. The van der Waals surface area contributed by atoms with Crippen LogP contribution in [-0.2, 0) is 0 Å². The minimum atomic E-state index is -0.288. The Hall–Kier alpha value is -0.600. The highest BCUT2D eigenvalue weighted by Crippen LogP contribution is 2.24. The Labute approximate surface area is 115 Å². The van der Waals surface area contributed by atoms with E-state index in [1.54, 1.807) is 6.07 Å². The van der Waals surface area contributed by atoms with Crippen molar-refractivity contribution in [2.24, 2.45) is 5.92 Å². The van der Waals surface area contributed by atoms with Crippen LogP contribution in [0, 0.1) is 11.7 Å². The molecule has 0 saturated carbocycles. The summed E-state index contributed by atoms with van der Waals surface area (Å²) in [6, 6.07) is 5.15. The molecule has 1 aromatic carbocycles. The van der Waals surface area contributed by atoms with Crippen molar-refractivity contribution in [2.45, 2.75) is 52.6 Å². The smallest absolute Gasteiger partial charge is 0.124 e. The van der Waals surface area contributed by atoms with Crippen LogP contribution in [0.5, 0.6) is 0 Å². The topological polar surface area (TPSA) is 12.0 Å². The fourth-order valence-corrected chi connectivity index (χ4v) is 2.37. The molecule has 0 aliphatic heterocycles. The highest BCUT2D eigenvalue weighted by atomic mass is 35.5. The first-order chi connectivity index (χ1) is 8.40. The molecule has 0 fully saturated rings. The third kappa shape index (κ3) is 4.95. The summed E-state index contributed by atoms with van der Waals surface area (Å²) in [5.41, 5.74) is 0.953. The quantitative estimate of drug-likeness (QED) is 0.772. The zero-order valence-corrected chi connectivity index (χ0v) is 12.4. The van der Waals surface area contributed by atoms with Crippen molar-refractivity contribution in [3.05, 3.63) is 34.6 Å². The fourth-order valence-electron chi connectivity index (χ4n) is 2.04. The molecular formula is C15H23ClFN. The Bertz CT molecular complexity index is 379. The molecule has 102 valence electrons. The van der Waals surface area contributed by atoms with Crippen LogP contribution in [-0.4, -0.2) is 6.04 Å². The molecule has 2 atom stereocenters. The van der Waals surface area contributed by atoms with Gasteiger partial charge in [0.05, 0.1) is 0 Å². The van der Waals surface area contributed by atoms with Crippen molar-refractivity contribution in [1.29, 1.82) is 0 Å². The molecule has 1 nitrogen and oxygen atoms in total. The Morgan fingerprint density at radius 1 is 1.17 bits per heavy atom. The van der Waals surface area contributed by atoms with E-state index in [9.17, 15) is 4.39 Å². The van der Waals surface area contributed by atoms with Crippen molar-refractivity contribution in [1.82, 2.24) is 5.32 Å². The molecule has 0 bridgehead atoms. The van der Waals surface area contributed by atoms with Gasteiger partial charge < -0.3 is 5.32 Å². The van der Waals surface area contributed by atoms with E-state index >= 15 is 0 Å². The fraction of sp³-hybridized carbons (Fsp3) is 0.600. The first kappa shape index (κ1) is 15.5. The van der Waals surface area contributed by atoms with Crippen LogP contribution in [0.2, 0.25) is 5.02 Å². The van der Waals surface area contributed by atoms with E-state index in [-0.39, 0.29) is 11.9 Å². The van der Waals surface area contributed by atoms with Crippen molar-refractivity contribution >= 4 is 11.6 Å². The lowest BCUT2D eigenvalue weighted by Gasteiger charge is -2.22. The van der Waals surface area contributed by atoms with Crippen LogP contribution in [0.25, 0.3) is 0 Å². The molecule has 1 rings (SSSR count). The average Bonchev–Trinajstić information content (AvgIpc) is 2.26. The number of rotatable bonds is 6. The first-order valence-electron chi connectivity index (χ1n) is 6.61. The maximum atomic E-state index is 13.0. The lowest BCUT2D eigenvalue weighted by atomic mass is 10.0. The second-order valence-electron chi connectivity index (χ2n) is 5.43. The maximum absolute atomic E-state index is 13.0. The van der Waals surface area contributed by atoms with Crippen LogP contribution in [0.1, 0.15) is 52.1 Å². The second kappa shape index (κ2) is 7.10. The van der Waals surface area contributed by atoms with Gasteiger partial charge in [0, 0.05) is 17.1 Å². The van der Waals surface area contributed by atoms with E-state index in [4.69, 9.17) is 11.6 Å². The minimum Gasteiger partial charge on any atom is -0.308 e. The summed E-state index contributed by atoms with van der Waals surface area (Å²) in [7, 11) is 0. The highest BCUT2D eigenvalue weighted by molar-refractivity contribution is 6.31. The van der Waals surface area contributed by atoms with Gasteiger partial charge in [0.25, 0.3) is 0 Å². The standard InChI is InChI=1S/C15H23ClFN/c1-10(2)5-6-11(3)18-12(4)14-8-7-13(17)9-15(14)16/h7-12,18H,5-6H2,1-4H3. The van der Waals surface area contributed by atoms with Crippen LogP contribution in [0.15, 0.2) is 18.2 Å². The van der Waals surface area contributed by atoms with Gasteiger partial charge in [-0.05, 0) is 50.3 Å². The van der Waals surface area contributed by atoms with Crippen molar-refractivity contribution in [2.75, 3.05) is 0 Å². The van der Waals surface area contributed by atoms with Crippen LogP contribution in [0.4, 0.5) is 4.39 Å². The maximum Gasteiger partial charge on any atom is 0.124 e. The molecule has 0 spiro atoms. The van der Waals surface area contributed by atoms with Crippen molar-refractivity contribution in [3.8, 4) is 0 Å². The predicted molar refractivity (Wildman–Crippen MR) is 76.5 cm³/mol. The summed E-state index contributed by atoms with van der Waals surface area (Å²) in [5.74, 6) is 0.433. The molecule has 0 aromatic heterocycles. The molecule has 1 N–H and O–H groups in total. The average molecular weight is 272 g/mol. The Balaban J connectivity index is 2.56. The summed E-state index contributed by atoms with van der Waals surface area (Å²) < 4.78 is 13.0. The highest BCUT2D eigenvalue weighted by Gasteiger charge is 2.13. The Kier molecular flexibility index (Phi) is 6.10. The molecule has 18 heavy (non-hydrogen) atoms. The van der Waals surface area contributed by atoms with Crippen molar-refractivity contribution < 1.29 is 4.39 Å². The number of hydrogen-bond donors (Lipinski definition) is 1. The zero-order valence-electron chi connectivity index (χ0n) is 11.6. The lowest BCUT2D eigenvalue weighted by molar-refractivity contribution is 0.417. The Morgan fingerprint density at radius 3 is 2.39 bits per heavy atom. The summed E-state index contributed by atoms with van der Waals surface area (Å²) in [5, 5.41) is 4.00. The molecular weight excluding hydrogens is 249 g/mol. The molecule has 0 heterocycles. The van der Waals surface area contributed by atoms with E-state index in [0.717, 1.165) is 17.9 Å². The molecule has 0 aliphatic rings. The van der Waals surface area contributed by atoms with E-state index in [2.05, 4.69) is 33.0 Å². The van der Waals surface area contributed by atoms with Gasteiger partial charge in [-0.25, -0.2) is 4.39 Å². The molecule has 3 heteroatoms. The summed E-state index contributed by atoms with van der Waals surface area (Å²) in [6.07, 6.45) is 2.35. The third-order valence-corrected chi connectivity index (χ3v) is 3.47. The van der Waals surface area contributed by atoms with Gasteiger partial charge in [0.15, 0.2) is 0 Å². The van der Waals surface area contributed by atoms with Gasteiger partial charge in [0.1, 0.15) is 5.82 Å². The molecule has 2 unspecified atom stereocenters. The molecule has 0 radical (unpaired) electrons. The van der Waals surface area contributed by atoms with Crippen LogP contribution in [0.3, 0.4) is 0 Å². The van der Waals surface area contributed by atoms with Crippen LogP contribution < -0.4 is 5.32 Å². The number of benzene rings is 1.